The summed E-state index contributed by atoms with van der Waals surface area (Å²) in [4.78, 5) is 24.3. The molecule has 9 nitrogen and oxygen atoms in total. The van der Waals surface area contributed by atoms with Gasteiger partial charge in [0.15, 0.2) is 5.58 Å². The summed E-state index contributed by atoms with van der Waals surface area (Å²) in [7, 11) is -2.47. The molecule has 29 heavy (non-hydrogen) atoms. The molecule has 0 fully saturated rings. The number of primary sulfonamides is 1. The molecule has 0 saturated heterocycles. The number of benzene rings is 2. The topological polar surface area (TPSA) is 134 Å². The van der Waals surface area contributed by atoms with Gasteiger partial charge in [0.1, 0.15) is 5.75 Å². The Morgan fingerprint density at radius 2 is 2.03 bits per heavy atom. The van der Waals surface area contributed by atoms with Crippen LogP contribution in [0.2, 0.25) is 5.02 Å². The molecule has 0 bridgehead atoms. The first kappa shape index (κ1) is 20.9. The fraction of sp³-hybridized carbons (Fsp3) is 0.222. The lowest BCUT2D eigenvalue weighted by Crippen LogP contribution is -2.20. The van der Waals surface area contributed by atoms with Crippen LogP contribution in [0.5, 0.6) is 5.75 Å². The van der Waals surface area contributed by atoms with Gasteiger partial charge in [0.05, 0.1) is 23.2 Å². The van der Waals surface area contributed by atoms with Gasteiger partial charge in [-0.25, -0.2) is 18.4 Å². The number of nitrogens with two attached hydrogens (primary N) is 1. The zero-order valence-electron chi connectivity index (χ0n) is 15.6. The van der Waals surface area contributed by atoms with E-state index >= 15 is 0 Å². The van der Waals surface area contributed by atoms with Gasteiger partial charge < -0.3 is 14.5 Å². The summed E-state index contributed by atoms with van der Waals surface area (Å²) in [6.07, 6.45) is -0.0314. The van der Waals surface area contributed by atoms with Gasteiger partial charge in [-0.1, -0.05) is 11.6 Å². The van der Waals surface area contributed by atoms with Crippen LogP contribution in [0.3, 0.4) is 0 Å². The van der Waals surface area contributed by atoms with E-state index in [0.29, 0.717) is 22.0 Å². The molecule has 3 N–H and O–H groups in total. The molecule has 1 amide bonds. The molecule has 0 unspecified atom stereocenters. The first-order chi connectivity index (χ1) is 13.6. The maximum atomic E-state index is 12.4. The average molecular weight is 440 g/mol. The number of ether oxygens (including phenoxy) is 1. The first-order valence-electron chi connectivity index (χ1n) is 8.40. The number of carbonyl (C=O) groups excluding carboxylic acids is 1. The van der Waals surface area contributed by atoms with Crippen molar-refractivity contribution in [1.29, 1.82) is 0 Å². The van der Waals surface area contributed by atoms with Crippen molar-refractivity contribution in [2.45, 2.75) is 24.8 Å². The Kier molecular flexibility index (Phi) is 5.69. The van der Waals surface area contributed by atoms with E-state index in [9.17, 15) is 18.0 Å². The number of aryl methyl sites for hydroxylation is 2. The van der Waals surface area contributed by atoms with E-state index in [1.54, 1.807) is 19.1 Å². The number of carbonyl (C=O) groups is 1. The highest BCUT2D eigenvalue weighted by molar-refractivity contribution is 7.89. The van der Waals surface area contributed by atoms with Crippen molar-refractivity contribution in [3.63, 3.8) is 0 Å². The van der Waals surface area contributed by atoms with E-state index in [4.69, 9.17) is 25.9 Å². The Morgan fingerprint density at radius 3 is 2.69 bits per heavy atom. The summed E-state index contributed by atoms with van der Waals surface area (Å²) in [5, 5.41) is 8.32. The van der Waals surface area contributed by atoms with Gasteiger partial charge >= 0.3 is 5.76 Å². The minimum Gasteiger partial charge on any atom is -0.495 e. The summed E-state index contributed by atoms with van der Waals surface area (Å²) in [5.74, 6) is -0.651. The zero-order valence-corrected chi connectivity index (χ0v) is 17.1. The molecule has 0 aliphatic rings. The third-order valence-corrected chi connectivity index (χ3v) is 5.60. The number of nitrogens with zero attached hydrogens (tertiary/aromatic N) is 1. The van der Waals surface area contributed by atoms with Crippen molar-refractivity contribution < 1.29 is 22.4 Å². The molecule has 1 heterocycles. The molecular formula is C18H18ClN3O6S. The van der Waals surface area contributed by atoms with Gasteiger partial charge in [-0.05, 0) is 30.7 Å². The van der Waals surface area contributed by atoms with Crippen molar-refractivity contribution in [2.24, 2.45) is 5.14 Å². The van der Waals surface area contributed by atoms with Crippen LogP contribution in [0.4, 0.5) is 5.69 Å². The van der Waals surface area contributed by atoms with E-state index in [1.807, 2.05) is 0 Å². The Hall–Kier alpha value is -2.82. The van der Waals surface area contributed by atoms with Crippen LogP contribution in [0.15, 0.2) is 44.4 Å². The number of hydrogen-bond acceptors (Lipinski definition) is 6. The number of amides is 1. The van der Waals surface area contributed by atoms with Crippen LogP contribution in [-0.2, 0) is 21.4 Å². The van der Waals surface area contributed by atoms with Gasteiger partial charge in [0.25, 0.3) is 0 Å². The van der Waals surface area contributed by atoms with Crippen molar-refractivity contribution >= 4 is 44.3 Å². The molecule has 0 aliphatic carbocycles. The molecule has 0 atom stereocenters. The monoisotopic (exact) mass is 439 g/mol. The number of sulfonamides is 1. The maximum absolute atomic E-state index is 12.4. The fourth-order valence-corrected chi connectivity index (χ4v) is 3.47. The van der Waals surface area contributed by atoms with E-state index < -0.39 is 15.8 Å². The van der Waals surface area contributed by atoms with Gasteiger partial charge in [-0.2, -0.15) is 0 Å². The quantitative estimate of drug-likeness (QED) is 0.605. The fourth-order valence-electron chi connectivity index (χ4n) is 2.79. The van der Waals surface area contributed by atoms with Crippen LogP contribution >= 0.6 is 11.6 Å². The minimum atomic E-state index is -3.93. The lowest BCUT2D eigenvalue weighted by Gasteiger charge is -2.12. The average Bonchev–Trinajstić information content (AvgIpc) is 2.96. The molecule has 0 spiro atoms. The number of anilines is 1. The summed E-state index contributed by atoms with van der Waals surface area (Å²) in [5.41, 5.74) is 1.65. The summed E-state index contributed by atoms with van der Waals surface area (Å²) in [6, 6.07) is 7.13. The van der Waals surface area contributed by atoms with E-state index in [-0.39, 0.29) is 29.4 Å². The van der Waals surface area contributed by atoms with Gasteiger partial charge in [-0.15, -0.1) is 0 Å². The zero-order chi connectivity index (χ0) is 21.3. The molecule has 1 aromatic heterocycles. The van der Waals surface area contributed by atoms with Gasteiger partial charge in [0.2, 0.25) is 15.9 Å². The lowest BCUT2D eigenvalue weighted by atomic mass is 10.2. The maximum Gasteiger partial charge on any atom is 0.419 e. The van der Waals surface area contributed by atoms with Gasteiger partial charge in [-0.3, -0.25) is 9.36 Å². The molecule has 2 aromatic carbocycles. The van der Waals surface area contributed by atoms with E-state index in [1.165, 1.54) is 29.9 Å². The second kappa shape index (κ2) is 7.90. The summed E-state index contributed by atoms with van der Waals surface area (Å²) in [6.45, 7) is 1.83. The van der Waals surface area contributed by atoms with Crippen LogP contribution in [0, 0.1) is 6.92 Å². The highest BCUT2D eigenvalue weighted by Crippen LogP contribution is 2.31. The number of aromatic nitrogens is 1. The van der Waals surface area contributed by atoms with Crippen molar-refractivity contribution in [1.82, 2.24) is 4.57 Å². The number of rotatable bonds is 6. The number of hydrogen-bond donors (Lipinski definition) is 2. The number of halogens is 1. The smallest absolute Gasteiger partial charge is 0.419 e. The number of nitrogens with one attached hydrogen (secondary N) is 1. The number of oxazole rings is 1. The largest absolute Gasteiger partial charge is 0.495 e. The summed E-state index contributed by atoms with van der Waals surface area (Å²) < 4.78 is 34.4. The predicted molar refractivity (Wildman–Crippen MR) is 108 cm³/mol. The standard InChI is InChI=1S/C18H18ClN3O6S/c1-10-7-13(15(27-2)9-12(10)19)21-17(23)5-6-22-14-4-3-11(29(20,25)26)8-16(14)28-18(22)24/h3-4,7-9H,5-6H2,1-2H3,(H,21,23)(H2,20,25,26). The van der Waals surface area contributed by atoms with Crippen molar-refractivity contribution in [3.05, 3.63) is 51.5 Å². The Labute approximate surface area is 171 Å². The summed E-state index contributed by atoms with van der Waals surface area (Å²) >= 11 is 6.06. The first-order valence-corrected chi connectivity index (χ1v) is 10.3. The third-order valence-electron chi connectivity index (χ3n) is 4.29. The molecule has 11 heteroatoms. The molecular weight excluding hydrogens is 422 g/mol. The molecule has 0 radical (unpaired) electrons. The predicted octanol–water partition coefficient (Wildman–Crippen LogP) is 2.24. The molecule has 0 aliphatic heterocycles. The van der Waals surface area contributed by atoms with E-state index in [0.717, 1.165) is 5.56 Å². The van der Waals surface area contributed by atoms with Crippen LogP contribution in [0.1, 0.15) is 12.0 Å². The normalized spacial score (nSPS) is 11.6. The van der Waals surface area contributed by atoms with Crippen LogP contribution < -0.4 is 20.9 Å². The highest BCUT2D eigenvalue weighted by Gasteiger charge is 2.16. The molecule has 3 rings (SSSR count). The van der Waals surface area contributed by atoms with Crippen LogP contribution in [-0.4, -0.2) is 26.0 Å². The van der Waals surface area contributed by atoms with Crippen molar-refractivity contribution in [3.8, 4) is 5.75 Å². The molecule has 0 saturated carbocycles. The van der Waals surface area contributed by atoms with Crippen molar-refractivity contribution in [2.75, 3.05) is 12.4 Å². The Morgan fingerprint density at radius 1 is 1.31 bits per heavy atom. The Bertz CT molecular complexity index is 1260. The minimum absolute atomic E-state index is 0.0290. The molecule has 154 valence electrons. The number of methoxy groups -OCH3 is 1. The second-order valence-corrected chi connectivity index (χ2v) is 8.26. The second-order valence-electron chi connectivity index (χ2n) is 6.29. The molecule has 3 aromatic rings. The SMILES string of the molecule is COc1cc(Cl)c(C)cc1NC(=O)CCn1c(=O)oc2cc(S(N)(=O)=O)ccc21. The number of fused-ring (bicyclic) bond motifs is 1. The highest BCUT2D eigenvalue weighted by atomic mass is 35.5. The Balaban J connectivity index is 1.79. The van der Waals surface area contributed by atoms with E-state index in [2.05, 4.69) is 5.32 Å². The lowest BCUT2D eigenvalue weighted by molar-refractivity contribution is -0.116. The van der Waals surface area contributed by atoms with Crippen LogP contribution in [0.25, 0.3) is 11.1 Å². The van der Waals surface area contributed by atoms with Gasteiger partial charge in [0, 0.05) is 30.1 Å². The third kappa shape index (κ3) is 4.44.